The Morgan fingerprint density at radius 1 is 0.368 bits per heavy atom. The van der Waals surface area contributed by atoms with Gasteiger partial charge in [0.15, 0.2) is 23.2 Å². The second-order valence-corrected chi connectivity index (χ2v) is 22.6. The molecule has 0 radical (unpaired) electrons. The van der Waals surface area contributed by atoms with Gasteiger partial charge in [-0.1, -0.05) is 168 Å². The van der Waals surface area contributed by atoms with E-state index in [1.807, 2.05) is 60.7 Å². The van der Waals surface area contributed by atoms with Crippen molar-refractivity contribution < 1.29 is 0 Å². The van der Waals surface area contributed by atoms with Crippen LogP contribution in [0.25, 0.3) is 94.0 Å². The molecular formula is C62H60N6. The Morgan fingerprint density at radius 3 is 0.985 bits per heavy atom. The van der Waals surface area contributed by atoms with Gasteiger partial charge >= 0.3 is 0 Å². The second kappa shape index (κ2) is 15.9. The molecule has 0 aliphatic heterocycles. The number of benzene rings is 7. The highest BCUT2D eigenvalue weighted by atomic mass is 15.1. The van der Waals surface area contributed by atoms with Crippen LogP contribution in [-0.4, -0.2) is 24.1 Å². The van der Waals surface area contributed by atoms with Gasteiger partial charge in [0.1, 0.15) is 0 Å². The molecule has 0 saturated carbocycles. The summed E-state index contributed by atoms with van der Waals surface area (Å²) in [5, 5.41) is 4.74. The van der Waals surface area contributed by atoms with Crippen molar-refractivity contribution in [3.63, 3.8) is 0 Å². The van der Waals surface area contributed by atoms with E-state index in [4.69, 9.17) is 21.5 Å². The zero-order valence-corrected chi connectivity index (χ0v) is 41.5. The van der Waals surface area contributed by atoms with Gasteiger partial charge in [0.2, 0.25) is 0 Å². The van der Waals surface area contributed by atoms with E-state index >= 15 is 0 Å². The molecule has 0 atom stereocenters. The molecule has 0 unspecified atom stereocenters. The van der Waals surface area contributed by atoms with Crippen LogP contribution in [0.3, 0.4) is 0 Å². The van der Waals surface area contributed by atoms with Crippen LogP contribution in [-0.2, 0) is 21.7 Å². The molecule has 0 amide bonds. The highest BCUT2D eigenvalue weighted by Gasteiger charge is 2.28. The third kappa shape index (κ3) is 7.74. The van der Waals surface area contributed by atoms with Gasteiger partial charge in [-0.15, -0.1) is 0 Å². The number of hydrogen-bond donors (Lipinski definition) is 0. The molecule has 6 nitrogen and oxygen atoms in total. The van der Waals surface area contributed by atoms with Crippen molar-refractivity contribution in [1.29, 1.82) is 0 Å². The summed E-state index contributed by atoms with van der Waals surface area (Å²) in [5.41, 5.74) is 13.8. The summed E-state index contributed by atoms with van der Waals surface area (Å²) >= 11 is 0. The molecule has 7 aromatic carbocycles. The fraction of sp³-hybridized carbons (Fsp3) is 0.258. The van der Waals surface area contributed by atoms with E-state index in [1.165, 1.54) is 43.8 Å². The minimum atomic E-state index is -0.0632. The zero-order valence-electron chi connectivity index (χ0n) is 41.5. The van der Waals surface area contributed by atoms with E-state index in [9.17, 15) is 0 Å². The van der Waals surface area contributed by atoms with Crippen molar-refractivity contribution in [3.05, 3.63) is 179 Å². The van der Waals surface area contributed by atoms with Gasteiger partial charge in [-0.2, -0.15) is 0 Å². The van der Waals surface area contributed by atoms with E-state index in [0.717, 1.165) is 44.6 Å². The third-order valence-electron chi connectivity index (χ3n) is 13.6. The van der Waals surface area contributed by atoms with Crippen LogP contribution in [0.15, 0.2) is 146 Å². The quantitative estimate of drug-likeness (QED) is 0.162. The lowest BCUT2D eigenvalue weighted by molar-refractivity contribution is 0.590. The number of nitrogens with zero attached hydrogens (tertiary/aromatic N) is 6. The van der Waals surface area contributed by atoms with Crippen molar-refractivity contribution in [2.45, 2.75) is 105 Å². The maximum atomic E-state index is 8.92. The van der Waals surface area contributed by atoms with Crippen molar-refractivity contribution >= 4 is 49.3 Å². The molecule has 6 heteroatoms. The molecule has 68 heavy (non-hydrogen) atoms. The van der Waals surface area contributed by atoms with Gasteiger partial charge in [0.05, 0.1) is 40.0 Å². The van der Waals surface area contributed by atoms with Crippen molar-refractivity contribution in [2.24, 2.45) is 0 Å². The molecule has 0 saturated heterocycles. The molecule has 0 bridgehead atoms. The maximum Gasteiger partial charge on any atom is 0.200 e. The number of aromatic nitrogens is 5. The standard InChI is InChI=1S/C62H60N6/c1-59(2,3)40-24-28-50-44(32-40)45-33-41(60(4,5)6)25-29-51(45)67(50)54-36-48(58-65-56(38-20-16-14-17-21-38)64-57(66-58)39-22-18-15-19-23-39)49(63-13)37-55(54)68-52-30-26-42(61(7,8)9)34-46(52)47-35-43(62(10,11)12)27-31-53(47)68/h14-37H,1-12H3. The fourth-order valence-corrected chi connectivity index (χ4v) is 9.56. The summed E-state index contributed by atoms with van der Waals surface area (Å²) in [6.45, 7) is 36.3. The van der Waals surface area contributed by atoms with Gasteiger partial charge in [-0.3, -0.25) is 0 Å². The van der Waals surface area contributed by atoms with Crippen LogP contribution in [0.5, 0.6) is 0 Å². The SMILES string of the molecule is [C-]#[N+]c1cc(-n2c3ccc(C(C)(C)C)cc3c3cc(C(C)(C)C)ccc32)c(-n2c3ccc(C(C)(C)C)cc3c3cc(C(C)(C)C)ccc32)cc1-c1nc(-c2ccccc2)nc(-c2ccccc2)n1. The van der Waals surface area contributed by atoms with Gasteiger partial charge in [-0.05, 0) is 105 Å². The predicted molar refractivity (Wildman–Crippen MR) is 286 cm³/mol. The summed E-state index contributed by atoms with van der Waals surface area (Å²) in [5.74, 6) is 1.53. The van der Waals surface area contributed by atoms with Crippen LogP contribution in [0, 0.1) is 6.57 Å². The van der Waals surface area contributed by atoms with Crippen LogP contribution in [0.1, 0.15) is 105 Å². The van der Waals surface area contributed by atoms with Crippen LogP contribution in [0.4, 0.5) is 5.69 Å². The van der Waals surface area contributed by atoms with E-state index in [-0.39, 0.29) is 21.7 Å². The molecule has 3 heterocycles. The highest BCUT2D eigenvalue weighted by Crippen LogP contribution is 2.45. The minimum Gasteiger partial charge on any atom is -0.308 e. The average Bonchev–Trinajstić information content (AvgIpc) is 3.81. The number of fused-ring (bicyclic) bond motifs is 6. The number of hydrogen-bond acceptors (Lipinski definition) is 3. The molecule has 10 rings (SSSR count). The topological polar surface area (TPSA) is 52.9 Å². The molecule has 0 fully saturated rings. The lowest BCUT2D eigenvalue weighted by Gasteiger charge is -2.22. The van der Waals surface area contributed by atoms with E-state index in [2.05, 4.69) is 182 Å². The van der Waals surface area contributed by atoms with Gasteiger partial charge in [0, 0.05) is 38.2 Å². The summed E-state index contributed by atoms with van der Waals surface area (Å²) in [6.07, 6.45) is 0. The Morgan fingerprint density at radius 2 is 0.676 bits per heavy atom. The summed E-state index contributed by atoms with van der Waals surface area (Å²) in [4.78, 5) is 19.8. The third-order valence-corrected chi connectivity index (χ3v) is 13.6. The molecule has 0 N–H and O–H groups in total. The van der Waals surface area contributed by atoms with E-state index < -0.39 is 0 Å². The summed E-state index contributed by atoms with van der Waals surface area (Å²) in [7, 11) is 0. The Kier molecular flexibility index (Phi) is 10.4. The van der Waals surface area contributed by atoms with Crippen molar-refractivity contribution in [3.8, 4) is 45.5 Å². The molecule has 3 aromatic heterocycles. The molecular weight excluding hydrogens is 829 g/mol. The van der Waals surface area contributed by atoms with Crippen LogP contribution in [0.2, 0.25) is 0 Å². The number of rotatable bonds is 5. The normalized spacial score (nSPS) is 12.7. The summed E-state index contributed by atoms with van der Waals surface area (Å²) < 4.78 is 4.80. The molecule has 0 aliphatic carbocycles. The van der Waals surface area contributed by atoms with Crippen molar-refractivity contribution in [1.82, 2.24) is 24.1 Å². The largest absolute Gasteiger partial charge is 0.308 e. The van der Waals surface area contributed by atoms with Crippen LogP contribution < -0.4 is 0 Å². The molecule has 338 valence electrons. The fourth-order valence-electron chi connectivity index (χ4n) is 9.56. The molecule has 0 spiro atoms. The zero-order chi connectivity index (χ0) is 48.1. The second-order valence-electron chi connectivity index (χ2n) is 22.6. The average molecular weight is 889 g/mol. The van der Waals surface area contributed by atoms with Gasteiger partial charge in [0.25, 0.3) is 0 Å². The van der Waals surface area contributed by atoms with E-state index in [1.54, 1.807) is 0 Å². The predicted octanol–water partition coefficient (Wildman–Crippen LogP) is 16.8. The Hall–Kier alpha value is -7.36. The Labute approximate surface area is 401 Å². The first-order chi connectivity index (χ1) is 32.2. The maximum absolute atomic E-state index is 8.92. The highest BCUT2D eigenvalue weighted by molar-refractivity contribution is 6.12. The minimum absolute atomic E-state index is 0.0587. The lowest BCUT2D eigenvalue weighted by Crippen LogP contribution is -2.11. The van der Waals surface area contributed by atoms with E-state index in [0.29, 0.717) is 28.7 Å². The van der Waals surface area contributed by atoms with Crippen LogP contribution >= 0.6 is 0 Å². The summed E-state index contributed by atoms with van der Waals surface area (Å²) in [6, 6.07) is 52.1. The molecule has 0 aliphatic rings. The Balaban J connectivity index is 1.38. The first-order valence-electron chi connectivity index (χ1n) is 23.8. The lowest BCUT2D eigenvalue weighted by atomic mass is 9.85. The molecule has 10 aromatic rings. The van der Waals surface area contributed by atoms with Gasteiger partial charge in [-0.25, -0.2) is 19.8 Å². The van der Waals surface area contributed by atoms with Crippen molar-refractivity contribution in [2.75, 3.05) is 0 Å². The Bertz CT molecular complexity index is 3450. The first-order valence-corrected chi connectivity index (χ1v) is 23.8. The smallest absolute Gasteiger partial charge is 0.200 e. The monoisotopic (exact) mass is 888 g/mol. The van der Waals surface area contributed by atoms with Gasteiger partial charge < -0.3 is 9.13 Å². The first kappa shape index (κ1) is 44.5.